The van der Waals surface area contributed by atoms with Crippen molar-refractivity contribution in [3.8, 4) is 6.07 Å². The number of halogens is 2. The van der Waals surface area contributed by atoms with E-state index in [0.717, 1.165) is 27.4 Å². The van der Waals surface area contributed by atoms with E-state index in [1.165, 1.54) is 18.4 Å². The first-order valence-corrected chi connectivity index (χ1v) is 10.6. The van der Waals surface area contributed by atoms with Crippen LogP contribution < -0.4 is 0 Å². The summed E-state index contributed by atoms with van der Waals surface area (Å²) in [6.45, 7) is 0. The highest BCUT2D eigenvalue weighted by molar-refractivity contribution is 9.10. The minimum atomic E-state index is -0.703. The maximum Gasteiger partial charge on any atom is 0.304 e. The van der Waals surface area contributed by atoms with Gasteiger partial charge in [-0.15, -0.1) is 0 Å². The molecule has 2 aromatic rings. The zero-order valence-corrected chi connectivity index (χ0v) is 18.1. The fraction of sp³-hybridized carbons (Fsp3) is 0.364. The van der Waals surface area contributed by atoms with Crippen LogP contribution in [0.25, 0.3) is 0 Å². The van der Waals surface area contributed by atoms with Crippen LogP contribution in [0.15, 0.2) is 57.5 Å². The van der Waals surface area contributed by atoms with E-state index in [1.54, 1.807) is 0 Å². The van der Waals surface area contributed by atoms with Gasteiger partial charge >= 0.3 is 5.97 Å². The van der Waals surface area contributed by atoms with Gasteiger partial charge in [-0.25, -0.2) is 0 Å². The van der Waals surface area contributed by atoms with Gasteiger partial charge in [0.15, 0.2) is 0 Å². The fourth-order valence-corrected chi connectivity index (χ4v) is 4.01. The van der Waals surface area contributed by atoms with Crippen LogP contribution in [0, 0.1) is 11.3 Å². The molecule has 0 heterocycles. The van der Waals surface area contributed by atoms with Crippen molar-refractivity contribution in [1.29, 1.82) is 5.26 Å². The standard InChI is InChI=1S/C11H10BrN.C11H11BrO2/c12-10-3-1-9(2-4-10)11(5-6-11)7-8-13;12-9-3-1-8(2-4-9)11(5-6-11)7-10(13)14/h1-4H,5-7H2;1-4H,5-7H2,(H,13,14). The minimum absolute atomic E-state index is 0.0630. The first kappa shape index (κ1) is 20.1. The number of nitrogens with zero attached hydrogens (tertiary/aromatic N) is 1. The Morgan fingerprint density at radius 2 is 1.30 bits per heavy atom. The maximum absolute atomic E-state index is 10.7. The molecule has 4 rings (SSSR count). The summed E-state index contributed by atoms with van der Waals surface area (Å²) in [6.07, 6.45) is 5.26. The number of rotatable bonds is 5. The molecule has 2 fully saturated rings. The lowest BCUT2D eigenvalue weighted by Gasteiger charge is -2.12. The van der Waals surface area contributed by atoms with Gasteiger partial charge < -0.3 is 5.11 Å². The van der Waals surface area contributed by atoms with Crippen LogP contribution >= 0.6 is 31.9 Å². The number of carboxylic acid groups (broad SMARTS) is 1. The van der Waals surface area contributed by atoms with E-state index < -0.39 is 5.97 Å². The lowest BCUT2D eigenvalue weighted by molar-refractivity contribution is -0.137. The Kier molecular flexibility index (Phi) is 6.08. The van der Waals surface area contributed by atoms with Crippen LogP contribution in [0.2, 0.25) is 0 Å². The molecule has 2 saturated carbocycles. The van der Waals surface area contributed by atoms with Crippen molar-refractivity contribution in [1.82, 2.24) is 0 Å². The zero-order valence-electron chi connectivity index (χ0n) is 14.9. The molecular formula is C22H21Br2NO2. The van der Waals surface area contributed by atoms with Gasteiger partial charge in [0.25, 0.3) is 0 Å². The van der Waals surface area contributed by atoms with Crippen molar-refractivity contribution in [3.05, 3.63) is 68.6 Å². The van der Waals surface area contributed by atoms with Crippen molar-refractivity contribution in [2.24, 2.45) is 0 Å². The summed E-state index contributed by atoms with van der Waals surface area (Å²) in [5, 5.41) is 17.5. The molecule has 27 heavy (non-hydrogen) atoms. The van der Waals surface area contributed by atoms with Gasteiger partial charge in [0.2, 0.25) is 0 Å². The third-order valence-electron chi connectivity index (χ3n) is 5.53. The lowest BCUT2D eigenvalue weighted by atomic mass is 9.93. The number of nitriles is 1. The molecule has 0 spiro atoms. The minimum Gasteiger partial charge on any atom is -0.481 e. The normalized spacial score (nSPS) is 17.8. The molecule has 140 valence electrons. The Morgan fingerprint density at radius 1 is 0.889 bits per heavy atom. The highest BCUT2D eigenvalue weighted by atomic mass is 79.9. The van der Waals surface area contributed by atoms with Crippen LogP contribution in [-0.2, 0) is 15.6 Å². The smallest absolute Gasteiger partial charge is 0.304 e. The molecule has 5 heteroatoms. The third kappa shape index (κ3) is 5.00. The third-order valence-corrected chi connectivity index (χ3v) is 6.58. The second-order valence-electron chi connectivity index (χ2n) is 7.48. The first-order valence-electron chi connectivity index (χ1n) is 9.00. The van der Waals surface area contributed by atoms with E-state index in [1.807, 2.05) is 36.4 Å². The van der Waals surface area contributed by atoms with E-state index in [-0.39, 0.29) is 17.3 Å². The number of carbonyl (C=O) groups is 1. The SMILES string of the molecule is N#CCC1(c2ccc(Br)cc2)CC1.O=C(O)CC1(c2ccc(Br)cc2)CC1. The topological polar surface area (TPSA) is 61.1 Å². The van der Waals surface area contributed by atoms with Crippen LogP contribution in [0.5, 0.6) is 0 Å². The molecule has 2 aliphatic rings. The van der Waals surface area contributed by atoms with Gasteiger partial charge in [-0.2, -0.15) is 5.26 Å². The van der Waals surface area contributed by atoms with E-state index in [4.69, 9.17) is 10.4 Å². The number of hydrogen-bond acceptors (Lipinski definition) is 2. The quantitative estimate of drug-likeness (QED) is 0.531. The molecule has 0 aliphatic heterocycles. The molecule has 0 saturated heterocycles. The largest absolute Gasteiger partial charge is 0.481 e. The Morgan fingerprint density at radius 3 is 1.63 bits per heavy atom. The molecule has 0 amide bonds. The van der Waals surface area contributed by atoms with Crippen LogP contribution in [0.1, 0.15) is 49.7 Å². The van der Waals surface area contributed by atoms with Crippen molar-refractivity contribution >= 4 is 37.8 Å². The van der Waals surface area contributed by atoms with E-state index in [2.05, 4.69) is 50.1 Å². The number of aliphatic carboxylic acids is 1. The molecule has 2 aliphatic carbocycles. The number of hydrogen-bond donors (Lipinski definition) is 1. The summed E-state index contributed by atoms with van der Waals surface area (Å²) < 4.78 is 2.14. The molecule has 3 nitrogen and oxygen atoms in total. The van der Waals surface area contributed by atoms with Crippen LogP contribution in [0.4, 0.5) is 0 Å². The van der Waals surface area contributed by atoms with E-state index in [9.17, 15) is 4.79 Å². The van der Waals surface area contributed by atoms with Crippen molar-refractivity contribution < 1.29 is 9.90 Å². The lowest BCUT2D eigenvalue weighted by Crippen LogP contribution is -2.12. The van der Waals surface area contributed by atoms with E-state index in [0.29, 0.717) is 6.42 Å². The Balaban J connectivity index is 0.000000156. The van der Waals surface area contributed by atoms with Crippen molar-refractivity contribution in [2.45, 2.75) is 49.4 Å². The van der Waals surface area contributed by atoms with Crippen LogP contribution in [-0.4, -0.2) is 11.1 Å². The monoisotopic (exact) mass is 489 g/mol. The molecule has 0 radical (unpaired) electrons. The highest BCUT2D eigenvalue weighted by Gasteiger charge is 2.45. The van der Waals surface area contributed by atoms with Gasteiger partial charge in [-0.05, 0) is 61.1 Å². The fourth-order valence-electron chi connectivity index (χ4n) is 3.48. The highest BCUT2D eigenvalue weighted by Crippen LogP contribution is 2.51. The summed E-state index contributed by atoms with van der Waals surface area (Å²) in [5.41, 5.74) is 2.61. The summed E-state index contributed by atoms with van der Waals surface area (Å²) in [4.78, 5) is 10.7. The summed E-state index contributed by atoms with van der Waals surface area (Å²) in [5.74, 6) is -0.703. The first-order chi connectivity index (χ1) is 12.9. The number of benzene rings is 2. The van der Waals surface area contributed by atoms with Gasteiger partial charge in [0, 0.05) is 26.2 Å². The van der Waals surface area contributed by atoms with Crippen molar-refractivity contribution in [2.75, 3.05) is 0 Å². The summed E-state index contributed by atoms with van der Waals surface area (Å²) in [7, 11) is 0. The second-order valence-corrected chi connectivity index (χ2v) is 9.31. The van der Waals surface area contributed by atoms with Gasteiger partial charge in [0.05, 0.1) is 12.5 Å². The molecule has 0 aromatic heterocycles. The summed E-state index contributed by atoms with van der Waals surface area (Å²) >= 11 is 6.77. The molecule has 0 bridgehead atoms. The zero-order chi connectivity index (χ0) is 19.5. The van der Waals surface area contributed by atoms with Crippen molar-refractivity contribution in [3.63, 3.8) is 0 Å². The van der Waals surface area contributed by atoms with Gasteiger partial charge in [0.1, 0.15) is 0 Å². The molecular weight excluding hydrogens is 470 g/mol. The maximum atomic E-state index is 10.7. The second kappa shape index (κ2) is 8.16. The van der Waals surface area contributed by atoms with Gasteiger partial charge in [-0.3, -0.25) is 4.79 Å². The molecule has 2 aromatic carbocycles. The molecule has 1 N–H and O–H groups in total. The number of carboxylic acids is 1. The average molecular weight is 491 g/mol. The van der Waals surface area contributed by atoms with E-state index >= 15 is 0 Å². The average Bonchev–Trinajstić information content (AvgIpc) is 3.55. The van der Waals surface area contributed by atoms with Crippen LogP contribution in [0.3, 0.4) is 0 Å². The van der Waals surface area contributed by atoms with Gasteiger partial charge in [-0.1, -0.05) is 56.1 Å². The predicted octanol–water partition coefficient (Wildman–Crippen LogP) is 6.35. The summed E-state index contributed by atoms with van der Waals surface area (Å²) in [6, 6.07) is 18.6. The Labute approximate surface area is 176 Å². The Hall–Kier alpha value is -1.64. The Bertz CT molecular complexity index is 845. The predicted molar refractivity (Wildman–Crippen MR) is 113 cm³/mol. The molecule has 0 unspecified atom stereocenters. The molecule has 0 atom stereocenters.